The number of amides is 1. The molecule has 0 aromatic heterocycles. The number of anilines is 1. The second-order valence-electron chi connectivity index (χ2n) is 8.81. The van der Waals surface area contributed by atoms with Crippen molar-refractivity contribution < 1.29 is 17.9 Å². The molecule has 1 N–H and O–H groups in total. The summed E-state index contributed by atoms with van der Waals surface area (Å²) in [5, 5.41) is 2.95. The topological polar surface area (TPSA) is 79.0 Å². The van der Waals surface area contributed by atoms with E-state index in [0.717, 1.165) is 16.7 Å². The molecule has 35 heavy (non-hydrogen) atoms. The summed E-state index contributed by atoms with van der Waals surface area (Å²) in [4.78, 5) is 15.0. The number of rotatable bonds is 7. The van der Waals surface area contributed by atoms with Crippen LogP contribution in [-0.2, 0) is 16.6 Å². The van der Waals surface area contributed by atoms with Gasteiger partial charge in [0.15, 0.2) is 0 Å². The SMILES string of the molecule is COc1cc(NC(=O)c2ccc(-c3ccccc3C)cc2)ccc1CN1CCN(S(C)(=O)=O)CC1. The molecule has 184 valence electrons. The maximum Gasteiger partial charge on any atom is 0.255 e. The van der Waals surface area contributed by atoms with Crippen molar-refractivity contribution in [3.8, 4) is 16.9 Å². The van der Waals surface area contributed by atoms with Crippen LogP contribution in [0.3, 0.4) is 0 Å². The normalized spacial score (nSPS) is 15.1. The highest BCUT2D eigenvalue weighted by Crippen LogP contribution is 2.27. The van der Waals surface area contributed by atoms with Crippen LogP contribution < -0.4 is 10.1 Å². The van der Waals surface area contributed by atoms with Crippen molar-refractivity contribution in [1.82, 2.24) is 9.21 Å². The Bertz CT molecular complexity index is 1300. The lowest BCUT2D eigenvalue weighted by Gasteiger charge is -2.33. The van der Waals surface area contributed by atoms with E-state index < -0.39 is 10.0 Å². The smallest absolute Gasteiger partial charge is 0.255 e. The van der Waals surface area contributed by atoms with E-state index in [1.165, 1.54) is 16.1 Å². The summed E-state index contributed by atoms with van der Waals surface area (Å²) in [6, 6.07) is 21.4. The van der Waals surface area contributed by atoms with Crippen molar-refractivity contribution >= 4 is 21.6 Å². The molecule has 0 aliphatic carbocycles. The number of hydrogen-bond donors (Lipinski definition) is 1. The molecule has 3 aromatic rings. The highest BCUT2D eigenvalue weighted by atomic mass is 32.2. The summed E-state index contributed by atoms with van der Waals surface area (Å²) in [5.74, 6) is 0.497. The molecule has 0 unspecified atom stereocenters. The van der Waals surface area contributed by atoms with Crippen LogP contribution in [0, 0.1) is 6.92 Å². The van der Waals surface area contributed by atoms with Crippen LogP contribution in [0.25, 0.3) is 11.1 Å². The number of piperazine rings is 1. The number of nitrogens with one attached hydrogen (secondary N) is 1. The predicted octanol–water partition coefficient (Wildman–Crippen LogP) is 4.00. The van der Waals surface area contributed by atoms with Crippen molar-refractivity contribution in [2.24, 2.45) is 0 Å². The third-order valence-corrected chi connectivity index (χ3v) is 7.65. The Labute approximate surface area is 207 Å². The molecule has 1 heterocycles. The lowest BCUT2D eigenvalue weighted by Crippen LogP contribution is -2.47. The van der Waals surface area contributed by atoms with Gasteiger partial charge in [-0.15, -0.1) is 0 Å². The Morgan fingerprint density at radius 2 is 1.66 bits per heavy atom. The molecule has 1 fully saturated rings. The zero-order chi connectivity index (χ0) is 25.0. The molecule has 0 radical (unpaired) electrons. The van der Waals surface area contributed by atoms with Crippen LogP contribution in [0.15, 0.2) is 66.7 Å². The van der Waals surface area contributed by atoms with Gasteiger partial charge in [0.1, 0.15) is 5.75 Å². The molecule has 8 heteroatoms. The molecule has 0 saturated carbocycles. The van der Waals surface area contributed by atoms with E-state index in [0.29, 0.717) is 49.7 Å². The van der Waals surface area contributed by atoms with Crippen LogP contribution in [0.4, 0.5) is 5.69 Å². The molecular formula is C27H31N3O4S. The monoisotopic (exact) mass is 493 g/mol. The Kier molecular flexibility index (Phi) is 7.54. The molecule has 1 amide bonds. The van der Waals surface area contributed by atoms with E-state index in [-0.39, 0.29) is 5.91 Å². The van der Waals surface area contributed by atoms with Crippen molar-refractivity contribution in [2.45, 2.75) is 13.5 Å². The molecular weight excluding hydrogens is 462 g/mol. The van der Waals surface area contributed by atoms with Gasteiger partial charge in [-0.1, -0.05) is 42.5 Å². The minimum Gasteiger partial charge on any atom is -0.496 e. The largest absolute Gasteiger partial charge is 0.496 e. The Balaban J connectivity index is 1.40. The van der Waals surface area contributed by atoms with E-state index in [1.54, 1.807) is 7.11 Å². The fourth-order valence-corrected chi connectivity index (χ4v) is 5.14. The van der Waals surface area contributed by atoms with E-state index in [9.17, 15) is 13.2 Å². The number of nitrogens with zero attached hydrogens (tertiary/aromatic N) is 2. The zero-order valence-corrected chi connectivity index (χ0v) is 21.1. The summed E-state index contributed by atoms with van der Waals surface area (Å²) in [5.41, 5.74) is 5.63. The number of benzene rings is 3. The van der Waals surface area contributed by atoms with Crippen molar-refractivity contribution in [3.63, 3.8) is 0 Å². The van der Waals surface area contributed by atoms with Crippen LogP contribution in [-0.4, -0.2) is 63.1 Å². The van der Waals surface area contributed by atoms with E-state index in [1.807, 2.05) is 54.6 Å². The van der Waals surface area contributed by atoms with Gasteiger partial charge in [-0.2, -0.15) is 4.31 Å². The third kappa shape index (κ3) is 6.08. The molecule has 0 spiro atoms. The first-order valence-corrected chi connectivity index (χ1v) is 13.4. The molecule has 0 bridgehead atoms. The number of carbonyl (C=O) groups excluding carboxylic acids is 1. The fourth-order valence-electron chi connectivity index (χ4n) is 4.31. The fraction of sp³-hybridized carbons (Fsp3) is 0.296. The van der Waals surface area contributed by atoms with Crippen molar-refractivity contribution in [3.05, 3.63) is 83.4 Å². The number of aryl methyl sites for hydroxylation is 1. The number of ether oxygens (including phenoxy) is 1. The predicted molar refractivity (Wildman–Crippen MR) is 139 cm³/mol. The lowest BCUT2D eigenvalue weighted by molar-refractivity contribution is 0.102. The highest BCUT2D eigenvalue weighted by molar-refractivity contribution is 7.88. The lowest BCUT2D eigenvalue weighted by atomic mass is 9.99. The van der Waals surface area contributed by atoms with Crippen molar-refractivity contribution in [2.75, 3.05) is 44.9 Å². The Morgan fingerprint density at radius 3 is 2.29 bits per heavy atom. The van der Waals surface area contributed by atoms with Gasteiger partial charge in [0.05, 0.1) is 13.4 Å². The van der Waals surface area contributed by atoms with Gasteiger partial charge >= 0.3 is 0 Å². The second kappa shape index (κ2) is 10.6. The van der Waals surface area contributed by atoms with Crippen LogP contribution >= 0.6 is 0 Å². The van der Waals surface area contributed by atoms with Crippen LogP contribution in [0.1, 0.15) is 21.5 Å². The zero-order valence-electron chi connectivity index (χ0n) is 20.3. The van der Waals surface area contributed by atoms with Gasteiger partial charge in [-0.05, 0) is 41.8 Å². The maximum absolute atomic E-state index is 12.8. The average Bonchev–Trinajstić information content (AvgIpc) is 2.85. The number of carbonyl (C=O) groups is 1. The van der Waals surface area contributed by atoms with Gasteiger partial charge < -0.3 is 10.1 Å². The molecule has 0 atom stereocenters. The van der Waals surface area contributed by atoms with E-state index in [2.05, 4.69) is 29.3 Å². The Hall–Kier alpha value is -3.20. The number of sulfonamides is 1. The second-order valence-corrected chi connectivity index (χ2v) is 10.8. The first-order chi connectivity index (χ1) is 16.7. The number of methoxy groups -OCH3 is 1. The van der Waals surface area contributed by atoms with Gasteiger partial charge in [0.2, 0.25) is 10.0 Å². The van der Waals surface area contributed by atoms with Gasteiger partial charge in [-0.25, -0.2) is 8.42 Å². The van der Waals surface area contributed by atoms with Crippen molar-refractivity contribution in [1.29, 1.82) is 0 Å². The molecule has 4 rings (SSSR count). The molecule has 1 aliphatic heterocycles. The summed E-state index contributed by atoms with van der Waals surface area (Å²) < 4.78 is 30.5. The maximum atomic E-state index is 12.8. The third-order valence-electron chi connectivity index (χ3n) is 6.34. The minimum absolute atomic E-state index is 0.187. The molecule has 3 aromatic carbocycles. The summed E-state index contributed by atoms with van der Waals surface area (Å²) >= 11 is 0. The highest BCUT2D eigenvalue weighted by Gasteiger charge is 2.24. The van der Waals surface area contributed by atoms with E-state index >= 15 is 0 Å². The quantitative estimate of drug-likeness (QED) is 0.538. The first kappa shape index (κ1) is 24.9. The number of hydrogen-bond acceptors (Lipinski definition) is 5. The van der Waals surface area contributed by atoms with Gasteiger partial charge in [0, 0.05) is 55.6 Å². The summed E-state index contributed by atoms with van der Waals surface area (Å²) in [7, 11) is -1.54. The standard InChI is InChI=1S/C27H31N3O4S/c1-20-6-4-5-7-25(20)21-8-10-22(11-9-21)27(31)28-24-13-12-23(26(18-24)34-2)19-29-14-16-30(17-15-29)35(3,32)33/h4-13,18H,14-17,19H2,1-3H3,(H,28,31). The summed E-state index contributed by atoms with van der Waals surface area (Å²) in [6.45, 7) is 5.01. The van der Waals surface area contributed by atoms with Crippen LogP contribution in [0.2, 0.25) is 0 Å². The van der Waals surface area contributed by atoms with Crippen LogP contribution in [0.5, 0.6) is 5.75 Å². The molecule has 1 saturated heterocycles. The van der Waals surface area contributed by atoms with E-state index in [4.69, 9.17) is 4.74 Å². The summed E-state index contributed by atoms with van der Waals surface area (Å²) in [6.07, 6.45) is 1.25. The average molecular weight is 494 g/mol. The first-order valence-electron chi connectivity index (χ1n) is 11.6. The minimum atomic E-state index is -3.15. The Morgan fingerprint density at radius 1 is 0.971 bits per heavy atom. The van der Waals surface area contributed by atoms with Gasteiger partial charge in [0.25, 0.3) is 5.91 Å². The van der Waals surface area contributed by atoms with Gasteiger partial charge in [-0.3, -0.25) is 9.69 Å². The molecule has 7 nitrogen and oxygen atoms in total. The molecule has 1 aliphatic rings.